The lowest BCUT2D eigenvalue weighted by Gasteiger charge is -2.18. The van der Waals surface area contributed by atoms with Crippen molar-refractivity contribution in [2.75, 3.05) is 20.1 Å². The van der Waals surface area contributed by atoms with E-state index in [0.717, 1.165) is 17.0 Å². The van der Waals surface area contributed by atoms with Crippen LogP contribution in [0.3, 0.4) is 0 Å². The van der Waals surface area contributed by atoms with Crippen molar-refractivity contribution in [2.45, 2.75) is 32.0 Å². The Balaban J connectivity index is 1.97. The molecule has 1 aromatic rings. The highest BCUT2D eigenvalue weighted by Gasteiger charge is 2.34. The number of aliphatic hydroxyl groups excluding tert-OH is 1. The second-order valence-electron chi connectivity index (χ2n) is 7.29. The number of phenols is 2. The number of imide groups is 1. The van der Waals surface area contributed by atoms with Crippen molar-refractivity contribution in [2.24, 2.45) is 0 Å². The van der Waals surface area contributed by atoms with E-state index in [4.69, 9.17) is 10.2 Å². The lowest BCUT2D eigenvalue weighted by molar-refractivity contribution is -0.132. The van der Waals surface area contributed by atoms with Crippen LogP contribution in [0.1, 0.15) is 41.6 Å². The zero-order valence-electron chi connectivity index (χ0n) is 17.8. The third-order valence-electron chi connectivity index (χ3n) is 4.82. The van der Waals surface area contributed by atoms with Gasteiger partial charge in [-0.3, -0.25) is 28.9 Å². The number of Topliss-reactive ketones (excluding diaryl/α,β-unsaturated/α-hetero) is 1. The highest BCUT2D eigenvalue weighted by Crippen LogP contribution is 2.35. The molecule has 0 saturated carbocycles. The summed E-state index contributed by atoms with van der Waals surface area (Å²) in [7, 11) is 1.58. The minimum absolute atomic E-state index is 0.00493. The van der Waals surface area contributed by atoms with E-state index in [1.807, 2.05) is 0 Å². The predicted molar refractivity (Wildman–Crippen MR) is 117 cm³/mol. The maximum Gasteiger partial charge on any atom is 0.293 e. The molecule has 178 valence electrons. The van der Waals surface area contributed by atoms with Gasteiger partial charge in [-0.25, -0.2) is 0 Å². The summed E-state index contributed by atoms with van der Waals surface area (Å²) >= 11 is 0.673. The Kier molecular flexibility index (Phi) is 9.14. The number of benzene rings is 1. The smallest absolute Gasteiger partial charge is 0.293 e. The van der Waals surface area contributed by atoms with Gasteiger partial charge in [-0.2, -0.15) is 0 Å². The molecule has 33 heavy (non-hydrogen) atoms. The Hall–Kier alpha value is -3.22. The molecule has 4 N–H and O–H groups in total. The number of rotatable bonds is 11. The molecule has 1 aliphatic rings. The molecule has 1 aliphatic heterocycles. The second kappa shape index (κ2) is 11.6. The number of aldehydes is 1. The van der Waals surface area contributed by atoms with Crippen molar-refractivity contribution < 1.29 is 44.4 Å². The predicted octanol–water partition coefficient (Wildman–Crippen LogP) is 0.845. The summed E-state index contributed by atoms with van der Waals surface area (Å²) in [5, 5.41) is 36.7. The molecule has 0 spiro atoms. The van der Waals surface area contributed by atoms with Crippen LogP contribution >= 0.6 is 11.8 Å². The number of aromatic hydroxyl groups is 2. The summed E-state index contributed by atoms with van der Waals surface area (Å²) in [6.07, 6.45) is 0.583. The van der Waals surface area contributed by atoms with Crippen LogP contribution in [-0.2, 0) is 14.4 Å². The highest BCUT2D eigenvalue weighted by atomic mass is 32.2. The van der Waals surface area contributed by atoms with E-state index in [2.05, 4.69) is 0 Å². The van der Waals surface area contributed by atoms with Crippen LogP contribution in [0.2, 0.25) is 0 Å². The van der Waals surface area contributed by atoms with Crippen LogP contribution in [0.4, 0.5) is 4.79 Å². The molecular formula is C21H24N2O9S. The fraction of sp³-hybridized carbons (Fsp3) is 0.381. The van der Waals surface area contributed by atoms with E-state index in [9.17, 15) is 34.2 Å². The molecule has 0 aliphatic carbocycles. The first kappa shape index (κ1) is 26.0. The van der Waals surface area contributed by atoms with Gasteiger partial charge >= 0.3 is 0 Å². The molecule has 1 fully saturated rings. The van der Waals surface area contributed by atoms with Crippen molar-refractivity contribution >= 4 is 47.0 Å². The molecule has 0 atom stereocenters. The van der Waals surface area contributed by atoms with Gasteiger partial charge in [0.05, 0.1) is 10.5 Å². The minimum atomic E-state index is -1.54. The molecule has 1 saturated heterocycles. The summed E-state index contributed by atoms with van der Waals surface area (Å²) in [6.45, 7) is 0.488. The number of amides is 3. The minimum Gasteiger partial charge on any atom is -0.504 e. The van der Waals surface area contributed by atoms with Crippen LogP contribution < -0.4 is 0 Å². The molecule has 1 aromatic carbocycles. The number of aliphatic hydroxyl groups is 2. The Morgan fingerprint density at radius 3 is 2.52 bits per heavy atom. The van der Waals surface area contributed by atoms with E-state index in [-0.39, 0.29) is 42.0 Å². The van der Waals surface area contributed by atoms with Crippen molar-refractivity contribution in [1.29, 1.82) is 0 Å². The normalized spacial score (nSPS) is 14.9. The molecule has 11 nitrogen and oxygen atoms in total. The van der Waals surface area contributed by atoms with Gasteiger partial charge in [0.25, 0.3) is 11.1 Å². The second-order valence-corrected chi connectivity index (χ2v) is 8.29. The molecule has 12 heteroatoms. The number of hydrogen-bond donors (Lipinski definition) is 4. The summed E-state index contributed by atoms with van der Waals surface area (Å²) < 4.78 is 0. The maximum atomic E-state index is 12.6. The fourth-order valence-corrected chi connectivity index (χ4v) is 3.87. The molecule has 0 radical (unpaired) electrons. The first-order chi connectivity index (χ1) is 15.5. The topological polar surface area (TPSA) is 173 Å². The zero-order valence-corrected chi connectivity index (χ0v) is 18.6. The van der Waals surface area contributed by atoms with Gasteiger partial charge in [-0.05, 0) is 48.4 Å². The number of phenolic OH excluding ortho intramolecular Hbond substituents is 2. The van der Waals surface area contributed by atoms with Crippen molar-refractivity contribution in [1.82, 2.24) is 9.80 Å². The third-order valence-corrected chi connectivity index (χ3v) is 5.73. The van der Waals surface area contributed by atoms with Gasteiger partial charge in [0, 0.05) is 33.0 Å². The van der Waals surface area contributed by atoms with E-state index in [1.54, 1.807) is 7.05 Å². The molecule has 2 rings (SSSR count). The van der Waals surface area contributed by atoms with Gasteiger partial charge in [0.15, 0.2) is 24.1 Å². The summed E-state index contributed by atoms with van der Waals surface area (Å²) in [5.74, 6) is -3.28. The maximum absolute atomic E-state index is 12.6. The van der Waals surface area contributed by atoms with Gasteiger partial charge in [-0.1, -0.05) is 0 Å². The lowest BCUT2D eigenvalue weighted by atomic mass is 10.0. The molecule has 1 heterocycles. The summed E-state index contributed by atoms with van der Waals surface area (Å²) in [4.78, 5) is 61.5. The standard InChI is InChI=1S/C21H24N2O9S/c1-22(17(27)4-5-18(28)29)6-2-3-7-23-20(31)16(33-21(23)32)10-12-8-13(15(26)11-24)19(30)14(25)9-12/h8-11,18,25,28-30H,2-7H2,1H3/b16-10-. The number of carbonyl (C=O) groups excluding carboxylic acids is 5. The number of unbranched alkanes of at least 4 members (excludes halogenated alkanes) is 1. The summed E-state index contributed by atoms with van der Waals surface area (Å²) in [5.41, 5.74) is -0.281. The average molecular weight is 480 g/mol. The van der Waals surface area contributed by atoms with Crippen LogP contribution in [0, 0.1) is 0 Å². The van der Waals surface area contributed by atoms with Crippen LogP contribution in [0.5, 0.6) is 11.5 Å². The molecule has 3 amide bonds. The van der Waals surface area contributed by atoms with Gasteiger partial charge in [0.1, 0.15) is 0 Å². The number of thioether (sulfide) groups is 1. The molecule has 0 unspecified atom stereocenters. The van der Waals surface area contributed by atoms with Gasteiger partial charge < -0.3 is 25.3 Å². The van der Waals surface area contributed by atoms with Crippen molar-refractivity contribution in [3.8, 4) is 11.5 Å². The monoisotopic (exact) mass is 480 g/mol. The Morgan fingerprint density at radius 2 is 1.88 bits per heavy atom. The largest absolute Gasteiger partial charge is 0.504 e. The molecule has 0 bridgehead atoms. The van der Waals surface area contributed by atoms with Gasteiger partial charge in [-0.15, -0.1) is 0 Å². The number of nitrogens with zero attached hydrogens (tertiary/aromatic N) is 2. The van der Waals surface area contributed by atoms with E-state index < -0.39 is 40.3 Å². The third kappa shape index (κ3) is 6.88. The van der Waals surface area contributed by atoms with Crippen molar-refractivity contribution in [3.05, 3.63) is 28.2 Å². The average Bonchev–Trinajstić information content (AvgIpc) is 3.03. The van der Waals surface area contributed by atoms with Crippen LogP contribution in [0.15, 0.2) is 17.0 Å². The molecular weight excluding hydrogens is 456 g/mol. The number of hydrogen-bond acceptors (Lipinski definition) is 10. The number of carbonyl (C=O) groups is 5. The SMILES string of the molecule is CN(CCCCN1C(=O)S/C(=C\c2cc(O)c(O)c(C(=O)C=O)c2)C1=O)C(=O)CCC(O)O. The number of ketones is 1. The first-order valence-corrected chi connectivity index (χ1v) is 10.8. The first-order valence-electron chi connectivity index (χ1n) is 9.96. The Bertz CT molecular complexity index is 990. The highest BCUT2D eigenvalue weighted by molar-refractivity contribution is 8.18. The van der Waals surface area contributed by atoms with E-state index in [1.165, 1.54) is 11.0 Å². The molecule has 0 aromatic heterocycles. The fourth-order valence-electron chi connectivity index (χ4n) is 3.01. The quantitative estimate of drug-likeness (QED) is 0.0676. The summed E-state index contributed by atoms with van der Waals surface area (Å²) in [6, 6.07) is 2.22. The van der Waals surface area contributed by atoms with Crippen LogP contribution in [-0.4, -0.2) is 85.8 Å². The van der Waals surface area contributed by atoms with Gasteiger partial charge in [0.2, 0.25) is 11.7 Å². The van der Waals surface area contributed by atoms with E-state index in [0.29, 0.717) is 31.1 Å². The Labute approximate surface area is 193 Å². The van der Waals surface area contributed by atoms with Crippen molar-refractivity contribution in [3.63, 3.8) is 0 Å². The lowest BCUT2D eigenvalue weighted by Crippen LogP contribution is -2.31. The van der Waals surface area contributed by atoms with Crippen LogP contribution in [0.25, 0.3) is 6.08 Å². The Morgan fingerprint density at radius 1 is 1.18 bits per heavy atom. The van der Waals surface area contributed by atoms with E-state index >= 15 is 0 Å². The zero-order chi connectivity index (χ0) is 24.7.